The van der Waals surface area contributed by atoms with Gasteiger partial charge >= 0.3 is 0 Å². The summed E-state index contributed by atoms with van der Waals surface area (Å²) in [7, 11) is -3.26. The molecular weight excluding hydrogens is 276 g/mol. The number of rotatable bonds is 6. The molecule has 6 nitrogen and oxygen atoms in total. The molecule has 1 aromatic rings. The first kappa shape index (κ1) is 15.4. The quantitative estimate of drug-likeness (QED) is 0.872. The first-order valence-electron chi connectivity index (χ1n) is 7.28. The van der Waals surface area contributed by atoms with Crippen molar-refractivity contribution in [2.24, 2.45) is 5.92 Å². The van der Waals surface area contributed by atoms with Crippen LogP contribution in [0.3, 0.4) is 0 Å². The molecule has 0 amide bonds. The predicted molar refractivity (Wildman–Crippen MR) is 77.7 cm³/mol. The van der Waals surface area contributed by atoms with Gasteiger partial charge in [0.2, 0.25) is 10.0 Å². The van der Waals surface area contributed by atoms with Crippen LogP contribution in [-0.4, -0.2) is 28.9 Å². The van der Waals surface area contributed by atoms with E-state index in [0.29, 0.717) is 11.7 Å². The van der Waals surface area contributed by atoms with Crippen LogP contribution in [-0.2, 0) is 10.0 Å². The van der Waals surface area contributed by atoms with Crippen molar-refractivity contribution in [2.45, 2.75) is 58.5 Å². The van der Waals surface area contributed by atoms with E-state index in [9.17, 15) is 8.42 Å². The lowest BCUT2D eigenvalue weighted by molar-refractivity contribution is 0.505. The van der Waals surface area contributed by atoms with Gasteiger partial charge in [-0.2, -0.15) is 0 Å². The molecule has 1 aliphatic carbocycles. The van der Waals surface area contributed by atoms with Crippen molar-refractivity contribution in [1.29, 1.82) is 0 Å². The van der Waals surface area contributed by atoms with E-state index in [-0.39, 0.29) is 17.8 Å². The maximum Gasteiger partial charge on any atom is 0.212 e. The lowest BCUT2D eigenvalue weighted by atomic mass is 10.1. The van der Waals surface area contributed by atoms with E-state index in [2.05, 4.69) is 14.9 Å². The molecule has 1 aromatic heterocycles. The Kier molecular flexibility index (Phi) is 4.80. The highest BCUT2D eigenvalue weighted by molar-refractivity contribution is 7.89. The van der Waals surface area contributed by atoms with Gasteiger partial charge in [0.15, 0.2) is 5.82 Å². The van der Waals surface area contributed by atoms with Gasteiger partial charge in [-0.3, -0.25) is 0 Å². The van der Waals surface area contributed by atoms with Gasteiger partial charge in [-0.25, -0.2) is 13.1 Å². The van der Waals surface area contributed by atoms with E-state index in [1.165, 1.54) is 0 Å². The zero-order chi connectivity index (χ0) is 14.8. The van der Waals surface area contributed by atoms with Crippen molar-refractivity contribution in [3.8, 4) is 0 Å². The molecule has 1 fully saturated rings. The lowest BCUT2D eigenvalue weighted by Gasteiger charge is -2.18. The van der Waals surface area contributed by atoms with Crippen molar-refractivity contribution >= 4 is 10.0 Å². The molecule has 0 spiro atoms. The smallest absolute Gasteiger partial charge is 0.212 e. The van der Waals surface area contributed by atoms with Crippen LogP contribution in [0.4, 0.5) is 0 Å². The van der Waals surface area contributed by atoms with Crippen molar-refractivity contribution < 1.29 is 8.42 Å². The molecule has 1 N–H and O–H groups in total. The molecule has 0 radical (unpaired) electrons. The third-order valence-corrected chi connectivity index (χ3v) is 5.45. The van der Waals surface area contributed by atoms with Crippen LogP contribution in [0.2, 0.25) is 0 Å². The minimum atomic E-state index is -3.26. The molecule has 1 heterocycles. The van der Waals surface area contributed by atoms with Crippen molar-refractivity contribution in [3.05, 3.63) is 12.2 Å². The summed E-state index contributed by atoms with van der Waals surface area (Å²) in [4.78, 5) is 0. The highest BCUT2D eigenvalue weighted by Crippen LogP contribution is 2.26. The van der Waals surface area contributed by atoms with Crippen molar-refractivity contribution in [2.75, 3.05) is 5.75 Å². The fourth-order valence-corrected chi connectivity index (χ4v) is 4.51. The van der Waals surface area contributed by atoms with Crippen LogP contribution in [0.5, 0.6) is 0 Å². The topological polar surface area (TPSA) is 76.9 Å². The molecule has 20 heavy (non-hydrogen) atoms. The summed E-state index contributed by atoms with van der Waals surface area (Å²) in [5, 5.41) is 7.92. The normalized spacial score (nSPS) is 18.8. The number of nitrogens with zero attached hydrogens (tertiary/aromatic N) is 3. The Bertz CT molecular complexity index is 532. The molecule has 1 saturated carbocycles. The molecular formula is C13H24N4O2S. The highest BCUT2D eigenvalue weighted by atomic mass is 32.2. The summed E-state index contributed by atoms with van der Waals surface area (Å²) < 4.78 is 29.0. The van der Waals surface area contributed by atoms with Crippen LogP contribution >= 0.6 is 0 Å². The summed E-state index contributed by atoms with van der Waals surface area (Å²) in [6, 6.07) is -0.145. The second-order valence-corrected chi connectivity index (χ2v) is 7.76. The molecule has 1 unspecified atom stereocenters. The SMILES string of the molecule is CC(NS(=O)(=O)CC1CCCC1)c1nncn1C(C)C. The van der Waals surface area contributed by atoms with Crippen LogP contribution in [0.1, 0.15) is 64.4 Å². The van der Waals surface area contributed by atoms with Crippen LogP contribution in [0, 0.1) is 5.92 Å². The van der Waals surface area contributed by atoms with Crippen LogP contribution in [0.25, 0.3) is 0 Å². The molecule has 1 atom stereocenters. The van der Waals surface area contributed by atoms with Gasteiger partial charge in [0.05, 0.1) is 11.8 Å². The second kappa shape index (κ2) is 6.22. The van der Waals surface area contributed by atoms with Gasteiger partial charge in [0.1, 0.15) is 6.33 Å². The lowest BCUT2D eigenvalue weighted by Crippen LogP contribution is -2.33. The first-order valence-corrected chi connectivity index (χ1v) is 8.93. The molecule has 2 rings (SSSR count). The number of hydrogen-bond donors (Lipinski definition) is 1. The Morgan fingerprint density at radius 2 is 2.00 bits per heavy atom. The van der Waals surface area contributed by atoms with Gasteiger partial charge < -0.3 is 4.57 Å². The third kappa shape index (κ3) is 3.79. The zero-order valence-corrected chi connectivity index (χ0v) is 13.2. The fraction of sp³-hybridized carbons (Fsp3) is 0.846. The Balaban J connectivity index is 2.02. The summed E-state index contributed by atoms with van der Waals surface area (Å²) in [6.45, 7) is 5.86. The van der Waals surface area contributed by atoms with E-state index < -0.39 is 10.0 Å². The van der Waals surface area contributed by atoms with E-state index >= 15 is 0 Å². The van der Waals surface area contributed by atoms with E-state index in [1.807, 2.05) is 25.3 Å². The summed E-state index contributed by atoms with van der Waals surface area (Å²) >= 11 is 0. The number of sulfonamides is 1. The average molecular weight is 300 g/mol. The predicted octanol–water partition coefficient (Wildman–Crippen LogP) is 2.03. The zero-order valence-electron chi connectivity index (χ0n) is 12.4. The van der Waals surface area contributed by atoms with Crippen LogP contribution in [0.15, 0.2) is 6.33 Å². The Hall–Kier alpha value is -0.950. The standard InChI is InChI=1S/C13H24N4O2S/c1-10(2)17-9-14-15-13(17)11(3)16-20(18,19)8-12-6-4-5-7-12/h9-12,16H,4-8H2,1-3H3. The fourth-order valence-electron chi connectivity index (χ4n) is 2.82. The first-order chi connectivity index (χ1) is 9.39. The maximum atomic E-state index is 12.2. The maximum absolute atomic E-state index is 12.2. The number of aromatic nitrogens is 3. The van der Waals surface area contributed by atoms with E-state index in [4.69, 9.17) is 0 Å². The molecule has 0 aliphatic heterocycles. The summed E-state index contributed by atoms with van der Waals surface area (Å²) in [5.74, 6) is 1.20. The Morgan fingerprint density at radius 1 is 1.35 bits per heavy atom. The second-order valence-electron chi connectivity index (χ2n) is 5.96. The van der Waals surface area contributed by atoms with Crippen molar-refractivity contribution in [1.82, 2.24) is 19.5 Å². The number of hydrogen-bond acceptors (Lipinski definition) is 4. The Labute approximate surface area is 121 Å². The third-order valence-electron chi connectivity index (χ3n) is 3.83. The summed E-state index contributed by atoms with van der Waals surface area (Å²) in [5.41, 5.74) is 0. The van der Waals surface area contributed by atoms with Gasteiger partial charge in [0, 0.05) is 6.04 Å². The van der Waals surface area contributed by atoms with Gasteiger partial charge in [-0.15, -0.1) is 10.2 Å². The molecule has 114 valence electrons. The van der Waals surface area contributed by atoms with E-state index in [1.54, 1.807) is 6.33 Å². The van der Waals surface area contributed by atoms with Crippen molar-refractivity contribution in [3.63, 3.8) is 0 Å². The molecule has 0 aromatic carbocycles. The average Bonchev–Trinajstić information content (AvgIpc) is 2.96. The largest absolute Gasteiger partial charge is 0.314 e. The summed E-state index contributed by atoms with van der Waals surface area (Å²) in [6.07, 6.45) is 5.99. The van der Waals surface area contributed by atoms with Crippen LogP contribution < -0.4 is 4.72 Å². The van der Waals surface area contributed by atoms with E-state index in [0.717, 1.165) is 25.7 Å². The highest BCUT2D eigenvalue weighted by Gasteiger charge is 2.25. The molecule has 1 aliphatic rings. The minimum absolute atomic E-state index is 0.210. The molecule has 0 saturated heterocycles. The minimum Gasteiger partial charge on any atom is -0.314 e. The van der Waals surface area contributed by atoms with Gasteiger partial charge in [-0.1, -0.05) is 12.8 Å². The molecule has 7 heteroatoms. The number of nitrogens with one attached hydrogen (secondary N) is 1. The Morgan fingerprint density at radius 3 is 2.60 bits per heavy atom. The molecule has 0 bridgehead atoms. The van der Waals surface area contributed by atoms with Gasteiger partial charge in [0.25, 0.3) is 0 Å². The monoisotopic (exact) mass is 300 g/mol. The van der Waals surface area contributed by atoms with Gasteiger partial charge in [-0.05, 0) is 39.5 Å².